The predicted molar refractivity (Wildman–Crippen MR) is 182 cm³/mol. The molecule has 0 unspecified atom stereocenters. The van der Waals surface area contributed by atoms with Crippen LogP contribution < -0.4 is 208 Å². The van der Waals surface area contributed by atoms with Gasteiger partial charge >= 0.3 is 214 Å². The molecule has 0 rings (SSSR count). The Bertz CT molecular complexity index is 1150. The molecule has 0 amide bonds. The number of carboxylic acid groups (broad SMARTS) is 6. The number of carboxylic acids is 6. The molecule has 0 heterocycles. The normalized spacial score (nSPS) is 9.91. The predicted octanol–water partition coefficient (Wildman–Crippen LogP) is -29.0. The Labute approximate surface area is 511 Å². The van der Waals surface area contributed by atoms with Gasteiger partial charge in [0.1, 0.15) is 0 Å². The van der Waals surface area contributed by atoms with Crippen molar-refractivity contribution in [2.45, 2.75) is 24.9 Å². The molecule has 0 fully saturated rings. The van der Waals surface area contributed by atoms with E-state index in [1.165, 1.54) is 52.5 Å². The maximum Gasteiger partial charge on any atom is 1.00 e. The van der Waals surface area contributed by atoms with E-state index in [9.17, 15) is 59.4 Å². The Morgan fingerprint density at radius 1 is 0.359 bits per heavy atom. The van der Waals surface area contributed by atoms with Gasteiger partial charge in [-0.2, -0.15) is 0 Å². The fourth-order valence-electron chi connectivity index (χ4n) is 4.78. The Morgan fingerprint density at radius 2 is 0.516 bits per heavy atom. The van der Waals surface area contributed by atoms with E-state index in [0.717, 1.165) is 9.80 Å². The van der Waals surface area contributed by atoms with Gasteiger partial charge in [0.15, 0.2) is 0 Å². The zero-order valence-electron chi connectivity index (χ0n) is 39.1. The van der Waals surface area contributed by atoms with Crippen molar-refractivity contribution in [1.29, 1.82) is 0 Å². The molecule has 64 heavy (non-hydrogen) atoms. The summed E-state index contributed by atoms with van der Waals surface area (Å²) in [5.74, 6) is -8.35. The molecule has 0 aliphatic rings. The van der Waals surface area contributed by atoms with E-state index < -0.39 is 98.2 Å². The summed E-state index contributed by atoms with van der Waals surface area (Å²) >= 11 is 0. The summed E-state index contributed by atoms with van der Waals surface area (Å²) in [6, 6.07) is 0.893. The number of carbonyl (C=O) groups is 6. The quantitative estimate of drug-likeness (QED) is 0.0565. The third-order valence-electron chi connectivity index (χ3n) is 7.36. The molecule has 26 nitrogen and oxygen atoms in total. The molecule has 0 spiro atoms. The van der Waals surface area contributed by atoms with E-state index in [4.69, 9.17) is 44.4 Å². The van der Waals surface area contributed by atoms with Gasteiger partial charge in [-0.25, -0.2) is 0 Å². The number of hydrogen-bond donors (Lipinski definition) is 0. The van der Waals surface area contributed by atoms with Crippen LogP contribution in [0.2, 0.25) is 12.1 Å². The van der Waals surface area contributed by atoms with Gasteiger partial charge in [-0.15, -0.1) is 0 Å². The van der Waals surface area contributed by atoms with Crippen molar-refractivity contribution in [3.8, 4) is 0 Å². The van der Waals surface area contributed by atoms with Gasteiger partial charge in [0.05, 0.1) is 35.8 Å². The van der Waals surface area contributed by atoms with Crippen molar-refractivity contribution < 1.29 is 281 Å². The first-order valence-corrected chi connectivity index (χ1v) is 22.1. The van der Waals surface area contributed by atoms with Gasteiger partial charge in [0, 0.05) is 120 Å². The Hall–Kier alpha value is 2.49. The summed E-state index contributed by atoms with van der Waals surface area (Å²) in [5, 5.41) is 64.5. The van der Waals surface area contributed by atoms with E-state index in [-0.39, 0.29) is 217 Å². The van der Waals surface area contributed by atoms with E-state index in [1.807, 2.05) is 0 Å². The smallest absolute Gasteiger partial charge is 0.549 e. The van der Waals surface area contributed by atoms with E-state index >= 15 is 0 Å². The average molecular weight is 1040 g/mol. The van der Waals surface area contributed by atoms with Crippen LogP contribution in [-0.2, 0) is 73.2 Å². The van der Waals surface area contributed by atoms with Gasteiger partial charge in [0.2, 0.25) is 0 Å². The van der Waals surface area contributed by atoms with Crippen LogP contribution in [0.1, 0.15) is 12.8 Å². The van der Waals surface area contributed by atoms with Crippen molar-refractivity contribution in [3.05, 3.63) is 0 Å². The Balaban J connectivity index is -0.0000000932. The number of carbonyl (C=O) groups excluding carboxylic acids is 6. The van der Waals surface area contributed by atoms with Gasteiger partial charge in [-0.1, -0.05) is 0 Å². The summed E-state index contributed by atoms with van der Waals surface area (Å²) in [5.41, 5.74) is 0. The fraction of sp³-hybridized carbons (Fsp3) is 0.786. The largest absolute Gasteiger partial charge is 1.00 e. The minimum Gasteiger partial charge on any atom is -0.549 e. The first-order chi connectivity index (χ1) is 27.2. The molecule has 0 aliphatic heterocycles. The molecular weight excluding hydrogens is 995 g/mol. The van der Waals surface area contributed by atoms with Crippen LogP contribution in [0.5, 0.6) is 0 Å². The number of nitrogens with zero attached hydrogens (tertiary/aromatic N) is 4. The summed E-state index contributed by atoms with van der Waals surface area (Å²) in [4.78, 5) is 69.7. The van der Waals surface area contributed by atoms with Crippen molar-refractivity contribution in [3.63, 3.8) is 0 Å². The van der Waals surface area contributed by atoms with E-state index in [1.54, 1.807) is 0 Å². The van der Waals surface area contributed by atoms with Crippen molar-refractivity contribution >= 4 is 72.0 Å². The van der Waals surface area contributed by atoms with Crippen molar-refractivity contribution in [2.24, 2.45) is 0 Å². The summed E-state index contributed by atoms with van der Waals surface area (Å²) < 4.78 is 65.3. The third kappa shape index (κ3) is 55.4. The zero-order valence-corrected chi connectivity index (χ0v) is 55.1. The molecule has 0 radical (unpaired) electrons. The second-order valence-electron chi connectivity index (χ2n) is 11.2. The zero-order chi connectivity index (χ0) is 45.7. The molecular formula is C28H50N4Na6O22Si4. The molecule has 0 aromatic heterocycles. The molecule has 36 heteroatoms. The number of rotatable bonds is 32. The minimum atomic E-state index is -2.78. The molecule has 0 aromatic carbocycles. The van der Waals surface area contributed by atoms with Crippen LogP contribution in [0.3, 0.4) is 0 Å². The SMILES string of the molecule is CO[Si](CCCN(CCN(CC(=O)[O-])CC(=O)[O-])CC(=O)[O-])(OC)OC.CO[Si](CCCN(CCN(CC(=O)[O-])CC(=O)[O-])CC(=O)[O-])(OC)OC.O=[Si]=O.O=[Si]=O.[Na+].[Na+].[Na+].[Na+].[Na+].[Na+]. The maximum atomic E-state index is 10.9. The molecule has 0 bridgehead atoms. The van der Waals surface area contributed by atoms with Crippen LogP contribution in [0.25, 0.3) is 0 Å². The monoisotopic (exact) mass is 1040 g/mol. The van der Waals surface area contributed by atoms with Gasteiger partial charge in [0.25, 0.3) is 0 Å². The molecule has 0 saturated heterocycles. The Morgan fingerprint density at radius 3 is 0.672 bits per heavy atom. The summed E-state index contributed by atoms with van der Waals surface area (Å²) in [6.45, 7) is -2.25. The molecule has 0 saturated carbocycles. The van der Waals surface area contributed by atoms with Crippen LogP contribution in [0.4, 0.5) is 0 Å². The fourth-order valence-corrected chi connectivity index (χ4v) is 8.19. The van der Waals surface area contributed by atoms with Gasteiger partial charge in [-0.05, 0) is 25.9 Å². The van der Waals surface area contributed by atoms with Crippen LogP contribution in [0.15, 0.2) is 0 Å². The number of hydrogen-bond acceptors (Lipinski definition) is 26. The molecule has 0 aliphatic carbocycles. The third-order valence-corrected chi connectivity index (χ3v) is 13.0. The van der Waals surface area contributed by atoms with E-state index in [0.29, 0.717) is 38.0 Å². The van der Waals surface area contributed by atoms with Gasteiger partial charge in [-0.3, -0.25) is 37.4 Å². The van der Waals surface area contributed by atoms with Crippen LogP contribution >= 0.6 is 0 Å². The van der Waals surface area contributed by atoms with Gasteiger partial charge < -0.3 is 86.0 Å². The van der Waals surface area contributed by atoms with Crippen molar-refractivity contribution in [1.82, 2.24) is 19.6 Å². The Kier molecular flexibility index (Phi) is 81.1. The standard InChI is InChI=1S/2C14H28N2O9Si.6Na.2O2Si/c2*1-23-26(24-2,25-3)8-4-5-15(9-12(17)18)6-7-16(10-13(19)20)11-14(21)22;;;;;;;2*1-3-2/h2*4-11H2,1-3H3,(H,17,18)(H,19,20)(H,21,22);;;;;;;;/q;;6*+1;;/p-6. The first-order valence-electron chi connectivity index (χ1n) is 16.6. The topological polar surface area (TPSA) is 377 Å². The molecule has 0 N–H and O–H groups in total. The average Bonchev–Trinajstić information content (AvgIpc) is 3.13. The van der Waals surface area contributed by atoms with Crippen LogP contribution in [-0.4, -0.2) is 213 Å². The maximum absolute atomic E-state index is 10.9. The second kappa shape index (κ2) is 58.1. The molecule has 336 valence electrons. The summed E-state index contributed by atoms with van der Waals surface area (Å²) in [7, 11) is 0.406. The first kappa shape index (κ1) is 89.4. The molecule has 0 atom stereocenters. The number of aliphatic carboxylic acids is 6. The molecule has 0 aromatic rings. The second-order valence-corrected chi connectivity index (χ2v) is 17.7. The van der Waals surface area contributed by atoms with Crippen LogP contribution in [0, 0.1) is 0 Å². The summed E-state index contributed by atoms with van der Waals surface area (Å²) in [6.07, 6.45) is 0.992. The van der Waals surface area contributed by atoms with E-state index in [2.05, 4.69) is 0 Å². The van der Waals surface area contributed by atoms with Crippen molar-refractivity contribution in [2.75, 3.05) is 121 Å². The minimum absolute atomic E-state index is 0.